The summed E-state index contributed by atoms with van der Waals surface area (Å²) in [4.78, 5) is 3.87. The van der Waals surface area contributed by atoms with E-state index in [-0.39, 0.29) is 41.0 Å². The number of hydrogen-bond donors (Lipinski definition) is 0. The number of hydrogen-bond acceptors (Lipinski definition) is 12. The Kier molecular flexibility index (Phi) is 40.4. The summed E-state index contributed by atoms with van der Waals surface area (Å²) in [7, 11) is -4.33. The first-order chi connectivity index (χ1) is 53.5. The van der Waals surface area contributed by atoms with Crippen molar-refractivity contribution in [1.29, 1.82) is 0 Å². The van der Waals surface area contributed by atoms with Crippen molar-refractivity contribution in [1.82, 2.24) is 0 Å². The molecule has 14 heteroatoms. The van der Waals surface area contributed by atoms with E-state index in [4.69, 9.17) is 42.6 Å². The van der Waals surface area contributed by atoms with E-state index in [0.29, 0.717) is 25.9 Å². The molecule has 12 rings (SSSR count). The quantitative estimate of drug-likeness (QED) is 0.0177. The van der Waals surface area contributed by atoms with Gasteiger partial charge in [0.15, 0.2) is 39.8 Å². The maximum absolute atomic E-state index is 10.5. The van der Waals surface area contributed by atoms with Crippen molar-refractivity contribution in [3.8, 4) is 28.7 Å². The first kappa shape index (κ1) is 88.0. The molecule has 9 aromatic carbocycles. The lowest BCUT2D eigenvalue weighted by Gasteiger charge is -2.26. The van der Waals surface area contributed by atoms with Crippen LogP contribution in [0.25, 0.3) is 30.4 Å². The molecule has 4 atom stereocenters. The molecule has 3 aliphatic carbocycles. The molecule has 0 bridgehead atoms. The van der Waals surface area contributed by atoms with Crippen LogP contribution in [0.5, 0.6) is 28.7 Å². The lowest BCUT2D eigenvalue weighted by atomic mass is 9.84. The third-order valence-electron chi connectivity index (χ3n) is 18.6. The van der Waals surface area contributed by atoms with Crippen molar-refractivity contribution in [3.63, 3.8) is 0 Å². The van der Waals surface area contributed by atoms with Crippen LogP contribution >= 0.6 is 0 Å². The zero-order valence-corrected chi connectivity index (χ0v) is 67.0. The minimum absolute atomic E-state index is 0.0146. The maximum atomic E-state index is 10.5. The Morgan fingerprint density at radius 3 is 1.07 bits per heavy atom. The highest BCUT2D eigenvalue weighted by atomic mass is 32.2. The van der Waals surface area contributed by atoms with E-state index in [1.54, 1.807) is 12.2 Å². The number of rotatable bonds is 31. The van der Waals surface area contributed by atoms with Gasteiger partial charge in [-0.1, -0.05) is 261 Å². The molecule has 584 valence electrons. The summed E-state index contributed by atoms with van der Waals surface area (Å²) < 4.78 is 82.5. The average Bonchev–Trinajstić information content (AvgIpc) is 0.821. The molecule has 0 heterocycles. The molecular weight excluding hydrogens is 1410 g/mol. The fraction of sp³-hybridized carbons (Fsp3) is 0.333. The van der Waals surface area contributed by atoms with Crippen molar-refractivity contribution < 1.29 is 55.6 Å². The van der Waals surface area contributed by atoms with Gasteiger partial charge in [-0.05, 0) is 221 Å². The van der Waals surface area contributed by atoms with E-state index in [1.165, 1.54) is 147 Å². The second-order valence-corrected chi connectivity index (χ2v) is 30.4. The molecule has 4 unspecified atom stereocenters. The maximum Gasteiger partial charge on any atom is 0.197 e. The molecule has 0 amide bonds. The lowest BCUT2D eigenvalue weighted by molar-refractivity contribution is -0.116. The van der Waals surface area contributed by atoms with E-state index in [2.05, 4.69) is 148 Å². The smallest absolute Gasteiger partial charge is 0.197 e. The first-order valence-electron chi connectivity index (χ1n) is 38.9. The van der Waals surface area contributed by atoms with Crippen LogP contribution in [0.1, 0.15) is 177 Å². The molecular formula is C96H116O12S2. The van der Waals surface area contributed by atoms with E-state index in [0.717, 1.165) is 75.0 Å². The third kappa shape index (κ3) is 34.0. The highest BCUT2D eigenvalue weighted by Crippen LogP contribution is 2.35. The number of benzene rings is 9. The van der Waals surface area contributed by atoms with Gasteiger partial charge in [-0.25, -0.2) is 8.42 Å². The Morgan fingerprint density at radius 1 is 0.382 bits per heavy atom. The van der Waals surface area contributed by atoms with Gasteiger partial charge in [-0.2, -0.15) is 0 Å². The monoisotopic (exact) mass is 1520 g/mol. The molecule has 3 saturated carbocycles. The Hall–Kier alpha value is -9.22. The van der Waals surface area contributed by atoms with Crippen LogP contribution in [0.3, 0.4) is 0 Å². The summed E-state index contributed by atoms with van der Waals surface area (Å²) >= 11 is 0. The Morgan fingerprint density at radius 2 is 0.709 bits per heavy atom. The summed E-state index contributed by atoms with van der Waals surface area (Å²) in [5.41, 5.74) is 6.58. The van der Waals surface area contributed by atoms with Gasteiger partial charge in [0, 0.05) is 6.61 Å². The topological polar surface area (TPSA) is 140 Å². The van der Waals surface area contributed by atoms with Crippen LogP contribution in [-0.4, -0.2) is 70.7 Å². The molecule has 0 saturated heterocycles. The van der Waals surface area contributed by atoms with Gasteiger partial charge >= 0.3 is 0 Å². The summed E-state index contributed by atoms with van der Waals surface area (Å²) in [6.07, 6.45) is 29.5. The molecule has 0 spiro atoms. The van der Waals surface area contributed by atoms with Gasteiger partial charge in [0.25, 0.3) is 0 Å². The van der Waals surface area contributed by atoms with E-state index in [1.807, 2.05) is 150 Å². The van der Waals surface area contributed by atoms with Crippen LogP contribution in [0, 0.1) is 5.92 Å². The Balaban J connectivity index is 0.000000187. The molecule has 12 nitrogen and oxygen atoms in total. The molecule has 110 heavy (non-hydrogen) atoms. The molecule has 0 radical (unpaired) electrons. The lowest BCUT2D eigenvalue weighted by Crippen LogP contribution is -2.26. The van der Waals surface area contributed by atoms with Crippen LogP contribution in [0.2, 0.25) is 0 Å². The summed E-state index contributed by atoms with van der Waals surface area (Å²) in [5.74, 6) is 5.79. The fourth-order valence-corrected chi connectivity index (χ4v) is 15.3. The highest BCUT2D eigenvalue weighted by Gasteiger charge is 2.28. The first-order valence-corrected chi connectivity index (χ1v) is 41.6. The molecule has 0 N–H and O–H groups in total. The zero-order chi connectivity index (χ0) is 78.4. The molecule has 9 aromatic rings. The van der Waals surface area contributed by atoms with Crippen molar-refractivity contribution in [2.75, 3.05) is 26.4 Å². The Bertz CT molecular complexity index is 3990. The van der Waals surface area contributed by atoms with Crippen LogP contribution in [0.4, 0.5) is 0 Å². The van der Waals surface area contributed by atoms with Gasteiger partial charge in [-0.15, -0.1) is 0 Å². The summed E-state index contributed by atoms with van der Waals surface area (Å²) in [5, 5.41) is 0. The normalized spacial score (nSPS) is 14.7. The molecule has 0 aromatic heterocycles. The zero-order valence-electron chi connectivity index (χ0n) is 65.3. The van der Waals surface area contributed by atoms with Gasteiger partial charge in [0.1, 0.15) is 45.5 Å². The Labute approximate surface area is 661 Å². The molecule has 3 aliphatic rings. The fourth-order valence-electron chi connectivity index (χ4n) is 12.7. The van der Waals surface area contributed by atoms with Gasteiger partial charge in [0.2, 0.25) is 0 Å². The standard InChI is InChI=1S/C24H30O3.C18H26O2.C18H15S.C16H22O2.C12H16O2.C8H8O3S/c1-3-20-9-13-24(14-10-20)27-19(2)25-17-18-26-23-15-11-22(12-16-23)21-7-5-4-6-8-21;1-3-16-9-11-18(12-10-16)20-15(2)19-14-13-17-7-5-4-6-8-17;1-4-10-16(11-5-1)19(17-12-6-2-7-13-17)18-14-8-3-9-15-18;1-3-14-9-11-16(12-10-14)18-13(2)17-15-7-5-4-6-8-15;1-4-11-6-8-12(9-7-11)14-10(3)13-5-2;1-2-7-3-5-8(6-4-7)12(9,10)11/h3,9-16,19,21H,1,4-8,17-18H2,2H3;3,9-12,15,17H,1,4-8,13-14H2,2H3;1-15H;3,9-13,15H,1,4-8H2,2H3;4,6-10H,1,5H2,2-3H3;2-6H,1H2,(H,9,10,11)/q;;+1;;;/p-1. The van der Waals surface area contributed by atoms with E-state index in [9.17, 15) is 13.0 Å². The van der Waals surface area contributed by atoms with Crippen LogP contribution < -0.4 is 23.7 Å². The number of ether oxygens (including phenoxy) is 9. The van der Waals surface area contributed by atoms with Crippen molar-refractivity contribution >= 4 is 51.4 Å². The molecule has 0 aliphatic heterocycles. The third-order valence-corrected chi connectivity index (χ3v) is 21.7. The highest BCUT2D eigenvalue weighted by molar-refractivity contribution is 7.97. The van der Waals surface area contributed by atoms with E-state index >= 15 is 0 Å². The average molecular weight is 1530 g/mol. The second kappa shape index (κ2) is 50.6. The van der Waals surface area contributed by atoms with Gasteiger partial charge in [0.05, 0.1) is 35.1 Å². The predicted octanol–water partition coefficient (Wildman–Crippen LogP) is 24.7. The van der Waals surface area contributed by atoms with Crippen molar-refractivity contribution in [3.05, 3.63) is 303 Å². The molecule has 3 fully saturated rings. The second-order valence-electron chi connectivity index (χ2n) is 26.9. The minimum atomic E-state index is -4.31. The largest absolute Gasteiger partial charge is 0.744 e. The van der Waals surface area contributed by atoms with Crippen LogP contribution in [-0.2, 0) is 40.0 Å². The predicted molar refractivity (Wildman–Crippen MR) is 453 cm³/mol. The minimum Gasteiger partial charge on any atom is -0.744 e. The van der Waals surface area contributed by atoms with Crippen LogP contribution in [0.15, 0.2) is 289 Å². The SMILES string of the molecule is C=Cc1ccc(OC(C)OC2CCCCC2)cc1.C=Cc1ccc(OC(C)OCC)cc1.C=Cc1ccc(OC(C)OCCC2CCCCC2)cc1.C=Cc1ccc(OC(C)OCCOc2ccc(C3CCCCC3)cc2)cc1.C=Cc1ccc(S(=O)(=O)[O-])cc1.c1ccc([S+](c2ccccc2)c2ccccc2)cc1. The summed E-state index contributed by atoms with van der Waals surface area (Å²) in [6.45, 7) is 30.5. The van der Waals surface area contributed by atoms with Crippen molar-refractivity contribution in [2.45, 2.75) is 194 Å². The van der Waals surface area contributed by atoms with Crippen molar-refractivity contribution in [2.24, 2.45) is 5.92 Å². The van der Waals surface area contributed by atoms with Gasteiger partial charge in [-0.3, -0.25) is 0 Å². The van der Waals surface area contributed by atoms with Gasteiger partial charge < -0.3 is 47.2 Å². The summed E-state index contributed by atoms with van der Waals surface area (Å²) in [6, 6.07) is 77.6. The van der Waals surface area contributed by atoms with E-state index < -0.39 is 10.1 Å².